The van der Waals surface area contributed by atoms with Crippen LogP contribution in [0.25, 0.3) is 0 Å². The molecule has 9 fully saturated rings. The lowest BCUT2D eigenvalue weighted by Gasteiger charge is -2.35. The quantitative estimate of drug-likeness (QED) is 0.0340. The Morgan fingerprint density at radius 3 is 1.42 bits per heavy atom. The van der Waals surface area contributed by atoms with Crippen LogP contribution in [0.1, 0.15) is 276 Å². The molecule has 3 saturated carbocycles. The predicted molar refractivity (Wildman–Crippen MR) is 515 cm³/mol. The molecule has 18 rings (SSSR count). The topological polar surface area (TPSA) is 228 Å². The van der Waals surface area contributed by atoms with Crippen molar-refractivity contribution in [2.45, 2.75) is 287 Å². The number of carbonyl (C=O) groups is 3. The van der Waals surface area contributed by atoms with Crippen LogP contribution in [0.5, 0.6) is 5.75 Å². The molecule has 0 radical (unpaired) electrons. The van der Waals surface area contributed by atoms with Gasteiger partial charge in [0.15, 0.2) is 9.84 Å². The monoisotopic (exact) mass is 1790 g/mol. The molecule has 22 heteroatoms. The average Bonchev–Trinajstić information content (AvgIpc) is 1.64. The van der Waals surface area contributed by atoms with Crippen molar-refractivity contribution in [1.82, 2.24) is 58.7 Å². The Morgan fingerprint density at radius 1 is 0.500 bits per heavy atom. The number of fused-ring (bicyclic) bond motifs is 1. The molecule has 702 valence electrons. The summed E-state index contributed by atoms with van der Waals surface area (Å²) in [6, 6.07) is 43.5. The molecule has 9 heterocycles. The standard InChI is InChI=1S/C38H52N4O3.C37H50N4O4S.C33H48N4O2/c1-5-27(4)37(38(43)44)41-24-31(35(25-41)30-9-7-8-26(3)20-30)23-40-18-16-29(17-19-40)36-22-32(39-42(36)6-2)21-28-10-12-33(13-11-28)45-34-14-15-34;1-4-35-34(25-41(38-35)21-28-11-13-32(14-12-28)46(3,44)45)29-15-17-39(18-16-29)22-31-23-40(36(37(42)43)20-27-8-6-9-27)24-33(31)30-10-5-7-26(2)19-30;1-3-37-32(28-12-4-5-13-30(28)34-37)25-14-16-35(17-15-25)20-27-21-36(31(33(38)39)19-24-9-7-10-24)22-29(27)26-11-6-8-23(2)18-26/h7-13,20,22,27,29,31,34-35,37H,5-6,14-19,21,23-25H2,1-4H3,(H,43,44);5,7,10-14,19,25,27,29,31,33,36H,4,6,8-9,15-18,20-24H2,1-3H3,(H,42,43);6,8,11,18,24-25,27,29,31H,3-5,7,9-10,12-17,19-22H2,1-2H3,(H,38,39)/t27-,31-,35+,37+;31-,33+,36+;27-,29+,31+/m000/s1. The fraction of sp³-hybridized carbons (Fsp3) is 0.611. The zero-order valence-corrected chi connectivity index (χ0v) is 80.3. The number of nitrogens with zero attached hydrogens (tertiary/aromatic N) is 12. The molecule has 4 aliphatic carbocycles. The molecule has 21 nitrogen and oxygen atoms in total. The second kappa shape index (κ2) is 43.3. The minimum Gasteiger partial charge on any atom is -0.490 e. The first-order valence-corrected chi connectivity index (χ1v) is 52.3. The largest absolute Gasteiger partial charge is 0.490 e. The minimum absolute atomic E-state index is 0.129. The molecule has 0 amide bonds. The molecule has 3 N–H and O–H groups in total. The Kier molecular flexibility index (Phi) is 31.6. The number of rotatable bonds is 34. The lowest BCUT2D eigenvalue weighted by Crippen LogP contribution is -2.45. The van der Waals surface area contributed by atoms with Crippen LogP contribution in [0.2, 0.25) is 0 Å². The number of ether oxygens (including phenoxy) is 1. The maximum atomic E-state index is 12.5. The van der Waals surface area contributed by atoms with E-state index < -0.39 is 33.8 Å². The third kappa shape index (κ3) is 23.5. The summed E-state index contributed by atoms with van der Waals surface area (Å²) in [4.78, 5) is 52.4. The molecule has 5 aromatic carbocycles. The first-order valence-electron chi connectivity index (χ1n) is 50.4. The van der Waals surface area contributed by atoms with Crippen molar-refractivity contribution < 1.29 is 42.9 Å². The van der Waals surface area contributed by atoms with E-state index in [1.54, 1.807) is 23.4 Å². The van der Waals surface area contributed by atoms with Gasteiger partial charge in [-0.1, -0.05) is 179 Å². The van der Waals surface area contributed by atoms with Crippen molar-refractivity contribution >= 4 is 27.7 Å². The third-order valence-electron chi connectivity index (χ3n) is 31.9. The number of hydrogen-bond donors (Lipinski definition) is 3. The van der Waals surface area contributed by atoms with Gasteiger partial charge in [-0.05, 0) is 281 Å². The summed E-state index contributed by atoms with van der Waals surface area (Å²) < 4.78 is 36.2. The second-order valence-corrected chi connectivity index (χ2v) is 43.2. The van der Waals surface area contributed by atoms with Crippen LogP contribution in [0, 0.1) is 56.3 Å². The van der Waals surface area contributed by atoms with Crippen molar-refractivity contribution in [2.75, 3.05) is 104 Å². The molecule has 3 aromatic heterocycles. The van der Waals surface area contributed by atoms with E-state index in [1.165, 1.54) is 146 Å². The molecule has 6 aliphatic heterocycles. The van der Waals surface area contributed by atoms with E-state index in [4.69, 9.17) is 20.0 Å². The Balaban J connectivity index is 0.000000143. The van der Waals surface area contributed by atoms with Gasteiger partial charge in [0.2, 0.25) is 0 Å². The summed E-state index contributed by atoms with van der Waals surface area (Å²) in [7, 11) is -3.21. The highest BCUT2D eigenvalue weighted by Gasteiger charge is 2.47. The smallest absolute Gasteiger partial charge is 0.321 e. The number of sulfone groups is 1. The van der Waals surface area contributed by atoms with Crippen molar-refractivity contribution in [3.63, 3.8) is 0 Å². The Labute approximate surface area is 775 Å². The number of piperidine rings is 3. The molecule has 10 aliphatic rings. The highest BCUT2D eigenvalue weighted by Crippen LogP contribution is 2.45. The maximum absolute atomic E-state index is 12.5. The zero-order chi connectivity index (χ0) is 90.9. The van der Waals surface area contributed by atoms with E-state index in [0.717, 1.165) is 198 Å². The number of carboxylic acid groups (broad SMARTS) is 3. The minimum atomic E-state index is -3.21. The molecule has 6 saturated heterocycles. The van der Waals surface area contributed by atoms with Crippen LogP contribution in [0.15, 0.2) is 138 Å². The van der Waals surface area contributed by atoms with Crippen molar-refractivity contribution in [2.24, 2.45) is 35.5 Å². The zero-order valence-electron chi connectivity index (χ0n) is 79.5. The van der Waals surface area contributed by atoms with Crippen molar-refractivity contribution in [3.05, 3.63) is 218 Å². The normalized spacial score (nSPS) is 23.7. The second-order valence-electron chi connectivity index (χ2n) is 41.2. The third-order valence-corrected chi connectivity index (χ3v) is 33.0. The number of carboxylic acids is 3. The molecule has 10 atom stereocenters. The summed E-state index contributed by atoms with van der Waals surface area (Å²) in [5, 5.41) is 45.6. The first-order chi connectivity index (χ1) is 62.9. The molecule has 8 aromatic rings. The van der Waals surface area contributed by atoms with Gasteiger partial charge >= 0.3 is 17.9 Å². The highest BCUT2D eigenvalue weighted by molar-refractivity contribution is 7.90. The van der Waals surface area contributed by atoms with Crippen LogP contribution in [0.3, 0.4) is 0 Å². The Morgan fingerprint density at radius 2 is 0.977 bits per heavy atom. The summed E-state index contributed by atoms with van der Waals surface area (Å²) in [5.74, 6) is 4.32. The van der Waals surface area contributed by atoms with E-state index in [9.17, 15) is 38.1 Å². The summed E-state index contributed by atoms with van der Waals surface area (Å²) in [6.07, 6.45) is 29.5. The van der Waals surface area contributed by atoms with Gasteiger partial charge in [-0.3, -0.25) is 43.1 Å². The molecule has 0 bridgehead atoms. The van der Waals surface area contributed by atoms with Gasteiger partial charge in [0, 0.05) is 132 Å². The van der Waals surface area contributed by atoms with Gasteiger partial charge in [-0.2, -0.15) is 15.3 Å². The van der Waals surface area contributed by atoms with Crippen LogP contribution < -0.4 is 4.74 Å². The highest BCUT2D eigenvalue weighted by atomic mass is 32.2. The number of benzene rings is 5. The Bertz CT molecular complexity index is 5180. The van der Waals surface area contributed by atoms with E-state index >= 15 is 0 Å². The van der Waals surface area contributed by atoms with Gasteiger partial charge in [0.25, 0.3) is 0 Å². The predicted octanol–water partition coefficient (Wildman–Crippen LogP) is 18.1. The summed E-state index contributed by atoms with van der Waals surface area (Å²) in [5.41, 5.74) is 19.8. The van der Waals surface area contributed by atoms with E-state index in [1.807, 2.05) is 16.8 Å². The van der Waals surface area contributed by atoms with Crippen LogP contribution in [0.4, 0.5) is 0 Å². The number of likely N-dealkylation sites (tertiary alicyclic amines) is 6. The number of hydrogen-bond acceptors (Lipinski definition) is 15. The summed E-state index contributed by atoms with van der Waals surface area (Å²) >= 11 is 0. The maximum Gasteiger partial charge on any atom is 0.321 e. The molecular formula is C108H150N12O9S. The van der Waals surface area contributed by atoms with Gasteiger partial charge in [0.1, 0.15) is 23.9 Å². The number of aliphatic carboxylic acids is 3. The average molecular weight is 1790 g/mol. The molecule has 0 spiro atoms. The lowest BCUT2D eigenvalue weighted by molar-refractivity contribution is -0.145. The van der Waals surface area contributed by atoms with Gasteiger partial charge in [0.05, 0.1) is 34.6 Å². The number of aromatic nitrogens is 6. The van der Waals surface area contributed by atoms with E-state index in [0.29, 0.717) is 82.6 Å². The molecular weight excluding hydrogens is 1640 g/mol. The van der Waals surface area contributed by atoms with Crippen LogP contribution in [-0.4, -0.2) is 229 Å². The van der Waals surface area contributed by atoms with E-state index in [2.05, 4.69) is 203 Å². The lowest BCUT2D eigenvalue weighted by atomic mass is 9.80. The molecule has 0 unspecified atom stereocenters. The van der Waals surface area contributed by atoms with E-state index in [-0.39, 0.29) is 18.0 Å². The van der Waals surface area contributed by atoms with Crippen molar-refractivity contribution in [1.29, 1.82) is 0 Å². The van der Waals surface area contributed by atoms with Crippen LogP contribution >= 0.6 is 0 Å². The fourth-order valence-electron chi connectivity index (χ4n) is 23.9. The summed E-state index contributed by atoms with van der Waals surface area (Å²) in [6.45, 7) is 34.4. The van der Waals surface area contributed by atoms with Gasteiger partial charge < -0.3 is 34.8 Å². The first kappa shape index (κ1) is 94.8. The van der Waals surface area contributed by atoms with Crippen molar-refractivity contribution in [3.8, 4) is 5.75 Å². The SMILES string of the molecule is CC[C@H](C)[C@H](C(=O)O)N1C[C@H](CN2CCC(c3cc(Cc4ccc(OC5CC5)cc4)nn3CC)CC2)[C@@H](c2cccc(C)c2)C1.CCc1nn(Cc2ccc(S(C)(=O)=O)cc2)cc1C1CCN(C[C@H]2CN([C@H](CC3CCC3)C(=O)O)C[C@@H]2c2cccc(C)c2)CC1.CCn1nc2c(c1C1CCN(C[C@H]3CN([C@H](CC4CCC4)C(=O)O)C[C@@H]3c3cccc(C)c3)CC1)CCCC2. The van der Waals surface area contributed by atoms with Gasteiger partial charge in [-0.15, -0.1) is 0 Å². The Hall–Kier alpha value is -8.35. The number of aryl methyl sites for hydroxylation is 7. The fourth-order valence-corrected chi connectivity index (χ4v) is 24.5. The van der Waals surface area contributed by atoms with Crippen LogP contribution in [-0.2, 0) is 69.5 Å². The van der Waals surface area contributed by atoms with Gasteiger partial charge in [-0.25, -0.2) is 8.42 Å². The molecule has 130 heavy (non-hydrogen) atoms.